The standard InChI is InChI=1S/C33H31ClN6O5/c1-19-32-37-30-25(4-3-5-27(30)45-18-20-6-7-23(34)12-22(20)15-35)39(32)10-9-38(19)17-29-36-31-26(40(29)16-24-8-11-44-24)13-21(33(41)42)14-28(31)43-2/h3-7,12-14,19,24H,8-11,16-18H2,1-2H3,(H,41,42)/t19-,24+/m1/s1. The van der Waals surface area contributed by atoms with Crippen molar-refractivity contribution in [2.75, 3.05) is 20.3 Å². The first-order valence-electron chi connectivity index (χ1n) is 14.8. The maximum atomic E-state index is 11.9. The highest BCUT2D eigenvalue weighted by Crippen LogP contribution is 2.35. The van der Waals surface area contributed by atoms with Gasteiger partial charge < -0.3 is 28.5 Å². The number of imidazole rings is 2. The van der Waals surface area contributed by atoms with Crippen LogP contribution in [0.2, 0.25) is 5.02 Å². The van der Waals surface area contributed by atoms with Gasteiger partial charge in [-0.05, 0) is 49.7 Å². The van der Waals surface area contributed by atoms with Crippen LogP contribution >= 0.6 is 11.6 Å². The van der Waals surface area contributed by atoms with E-state index in [0.29, 0.717) is 40.7 Å². The zero-order valence-electron chi connectivity index (χ0n) is 24.9. The summed E-state index contributed by atoms with van der Waals surface area (Å²) < 4.78 is 21.9. The first-order valence-corrected chi connectivity index (χ1v) is 15.2. The molecule has 7 rings (SSSR count). The van der Waals surface area contributed by atoms with Crippen molar-refractivity contribution < 1.29 is 24.1 Å². The molecule has 12 heteroatoms. The van der Waals surface area contributed by atoms with Crippen LogP contribution in [0, 0.1) is 11.3 Å². The summed E-state index contributed by atoms with van der Waals surface area (Å²) in [6.45, 7) is 5.69. The maximum Gasteiger partial charge on any atom is 0.335 e. The van der Waals surface area contributed by atoms with Gasteiger partial charge in [0.05, 0.1) is 60.6 Å². The van der Waals surface area contributed by atoms with Gasteiger partial charge in [0.2, 0.25) is 0 Å². The number of carboxylic acid groups (broad SMARTS) is 1. The third kappa shape index (κ3) is 5.25. The Labute approximate surface area is 264 Å². The Morgan fingerprint density at radius 3 is 2.69 bits per heavy atom. The number of benzene rings is 3. The average Bonchev–Trinajstić information content (AvgIpc) is 3.57. The lowest BCUT2D eigenvalue weighted by atomic mass is 10.1. The minimum atomic E-state index is -1.02. The molecule has 2 aromatic heterocycles. The number of fused-ring (bicyclic) bond motifs is 4. The summed E-state index contributed by atoms with van der Waals surface area (Å²) in [5, 5.41) is 19.8. The molecule has 2 aliphatic heterocycles. The van der Waals surface area contributed by atoms with Crippen LogP contribution in [0.3, 0.4) is 0 Å². The van der Waals surface area contributed by atoms with E-state index in [2.05, 4.69) is 33.1 Å². The Kier molecular flexibility index (Phi) is 7.57. The number of nitrogens with zero attached hydrogens (tertiary/aromatic N) is 6. The van der Waals surface area contributed by atoms with E-state index in [1.807, 2.05) is 18.2 Å². The number of para-hydroxylation sites is 1. The minimum absolute atomic E-state index is 0.0369. The Bertz CT molecular complexity index is 1990. The number of hydrogen-bond donors (Lipinski definition) is 1. The zero-order chi connectivity index (χ0) is 31.2. The number of aromatic carboxylic acids is 1. The molecule has 5 aromatic rings. The van der Waals surface area contributed by atoms with Gasteiger partial charge >= 0.3 is 5.97 Å². The Morgan fingerprint density at radius 2 is 1.96 bits per heavy atom. The molecule has 1 fully saturated rings. The molecule has 3 aromatic carbocycles. The Balaban J connectivity index is 1.19. The topological polar surface area (TPSA) is 128 Å². The number of ether oxygens (including phenoxy) is 3. The van der Waals surface area contributed by atoms with Crippen LogP contribution in [0.1, 0.15) is 52.5 Å². The van der Waals surface area contributed by atoms with Gasteiger partial charge in [0, 0.05) is 30.3 Å². The van der Waals surface area contributed by atoms with E-state index in [1.54, 1.807) is 18.2 Å². The van der Waals surface area contributed by atoms with Crippen LogP contribution in [-0.2, 0) is 31.0 Å². The second-order valence-corrected chi connectivity index (χ2v) is 11.8. The van der Waals surface area contributed by atoms with Gasteiger partial charge in [-0.1, -0.05) is 23.7 Å². The van der Waals surface area contributed by atoms with Crippen molar-refractivity contribution in [3.05, 3.63) is 81.9 Å². The number of nitriles is 1. The normalized spacial score (nSPS) is 18.0. The first kappa shape index (κ1) is 29.1. The monoisotopic (exact) mass is 626 g/mol. The van der Waals surface area contributed by atoms with E-state index in [-0.39, 0.29) is 24.3 Å². The van der Waals surface area contributed by atoms with E-state index >= 15 is 0 Å². The van der Waals surface area contributed by atoms with Crippen molar-refractivity contribution in [3.8, 4) is 17.6 Å². The van der Waals surface area contributed by atoms with Gasteiger partial charge in [0.25, 0.3) is 0 Å². The van der Waals surface area contributed by atoms with Crippen molar-refractivity contribution in [1.82, 2.24) is 24.0 Å². The molecular weight excluding hydrogens is 596 g/mol. The summed E-state index contributed by atoms with van der Waals surface area (Å²) in [6, 6.07) is 16.4. The van der Waals surface area contributed by atoms with E-state index < -0.39 is 5.97 Å². The predicted molar refractivity (Wildman–Crippen MR) is 167 cm³/mol. The molecule has 0 radical (unpaired) electrons. The summed E-state index contributed by atoms with van der Waals surface area (Å²) in [7, 11) is 1.53. The van der Waals surface area contributed by atoms with E-state index in [4.69, 9.17) is 35.8 Å². The molecular formula is C33H31ClN6O5. The lowest BCUT2D eigenvalue weighted by Gasteiger charge is -2.34. The fraction of sp³-hybridized carbons (Fsp3) is 0.333. The molecule has 0 unspecified atom stereocenters. The van der Waals surface area contributed by atoms with Gasteiger partial charge in [-0.3, -0.25) is 4.90 Å². The van der Waals surface area contributed by atoms with Crippen LogP contribution in [0.5, 0.6) is 11.5 Å². The van der Waals surface area contributed by atoms with E-state index in [9.17, 15) is 15.2 Å². The molecule has 0 spiro atoms. The lowest BCUT2D eigenvalue weighted by Crippen LogP contribution is -2.38. The van der Waals surface area contributed by atoms with Crippen LogP contribution in [0.15, 0.2) is 48.5 Å². The van der Waals surface area contributed by atoms with Gasteiger partial charge in [0.15, 0.2) is 0 Å². The molecule has 1 N–H and O–H groups in total. The van der Waals surface area contributed by atoms with Crippen LogP contribution in [0.4, 0.5) is 0 Å². The summed E-state index contributed by atoms with van der Waals surface area (Å²) in [5.74, 6) is 1.80. The lowest BCUT2D eigenvalue weighted by molar-refractivity contribution is -0.0592. The van der Waals surface area contributed by atoms with Crippen LogP contribution < -0.4 is 9.47 Å². The van der Waals surface area contributed by atoms with Crippen molar-refractivity contribution in [2.45, 2.75) is 51.7 Å². The molecule has 45 heavy (non-hydrogen) atoms. The summed E-state index contributed by atoms with van der Waals surface area (Å²) >= 11 is 6.07. The van der Waals surface area contributed by atoms with Crippen LogP contribution in [-0.4, -0.2) is 61.4 Å². The maximum absolute atomic E-state index is 11.9. The highest BCUT2D eigenvalue weighted by atomic mass is 35.5. The zero-order valence-corrected chi connectivity index (χ0v) is 25.6. The van der Waals surface area contributed by atoms with E-state index in [1.165, 1.54) is 13.2 Å². The largest absolute Gasteiger partial charge is 0.494 e. The van der Waals surface area contributed by atoms with Gasteiger partial charge in [0.1, 0.15) is 40.8 Å². The Morgan fingerprint density at radius 1 is 1.13 bits per heavy atom. The average molecular weight is 627 g/mol. The molecule has 0 saturated carbocycles. The highest BCUT2D eigenvalue weighted by Gasteiger charge is 2.31. The molecule has 2 aliphatic rings. The van der Waals surface area contributed by atoms with Crippen molar-refractivity contribution >= 4 is 39.6 Å². The van der Waals surface area contributed by atoms with Gasteiger partial charge in [-0.15, -0.1) is 0 Å². The van der Waals surface area contributed by atoms with Crippen molar-refractivity contribution in [1.29, 1.82) is 5.26 Å². The smallest absolute Gasteiger partial charge is 0.335 e. The van der Waals surface area contributed by atoms with Crippen LogP contribution in [0.25, 0.3) is 22.1 Å². The number of hydrogen-bond acceptors (Lipinski definition) is 8. The molecule has 2 atom stereocenters. The second-order valence-electron chi connectivity index (χ2n) is 11.4. The Hall–Kier alpha value is -4.63. The quantitative estimate of drug-likeness (QED) is 0.224. The third-order valence-corrected chi connectivity index (χ3v) is 9.00. The minimum Gasteiger partial charge on any atom is -0.494 e. The number of carboxylic acids is 1. The highest BCUT2D eigenvalue weighted by molar-refractivity contribution is 6.30. The fourth-order valence-corrected chi connectivity index (χ4v) is 6.37. The SMILES string of the molecule is COc1cc(C(=O)O)cc2c1nc(CN1CCn3c(nc4c(OCc5ccc(Cl)cc5C#N)cccc43)[C@H]1C)n2C[C@@H]1CCO1. The molecule has 0 amide bonds. The van der Waals surface area contributed by atoms with Gasteiger partial charge in [-0.25, -0.2) is 14.8 Å². The summed E-state index contributed by atoms with van der Waals surface area (Å²) in [4.78, 5) is 24.3. The fourth-order valence-electron chi connectivity index (χ4n) is 6.20. The molecule has 11 nitrogen and oxygen atoms in total. The number of halogens is 1. The molecule has 0 bridgehead atoms. The molecule has 4 heterocycles. The number of rotatable bonds is 9. The van der Waals surface area contributed by atoms with E-state index in [0.717, 1.165) is 59.9 Å². The number of methoxy groups -OCH3 is 1. The van der Waals surface area contributed by atoms with Gasteiger partial charge in [-0.2, -0.15) is 5.26 Å². The summed E-state index contributed by atoms with van der Waals surface area (Å²) in [6.07, 6.45) is 0.998. The number of carbonyl (C=O) groups is 1. The predicted octanol–water partition coefficient (Wildman–Crippen LogP) is 5.56. The molecule has 230 valence electrons. The third-order valence-electron chi connectivity index (χ3n) is 8.77. The van der Waals surface area contributed by atoms with Crippen molar-refractivity contribution in [3.63, 3.8) is 0 Å². The molecule has 1 saturated heterocycles. The van der Waals surface area contributed by atoms with Crippen molar-refractivity contribution in [2.24, 2.45) is 0 Å². The second kappa shape index (κ2) is 11.7. The molecule has 0 aliphatic carbocycles. The number of aromatic nitrogens is 4. The summed E-state index contributed by atoms with van der Waals surface area (Å²) in [5.41, 5.74) is 4.51. The first-order chi connectivity index (χ1) is 21.8.